The van der Waals surface area contributed by atoms with Gasteiger partial charge in [0.1, 0.15) is 5.82 Å². The van der Waals surface area contributed by atoms with E-state index >= 15 is 0 Å². The number of aromatic nitrogens is 2. The molecule has 84 valence electrons. The van der Waals surface area contributed by atoms with Gasteiger partial charge >= 0.3 is 0 Å². The lowest BCUT2D eigenvalue weighted by atomic mass is 10.3. The third kappa shape index (κ3) is 2.23. The molecule has 16 heavy (non-hydrogen) atoms. The van der Waals surface area contributed by atoms with Gasteiger partial charge in [-0.2, -0.15) is 5.10 Å². The molecule has 0 amide bonds. The average molecular weight is 217 g/mol. The summed E-state index contributed by atoms with van der Waals surface area (Å²) in [5.41, 5.74) is 7.70. The Kier molecular flexibility index (Phi) is 3.22. The van der Waals surface area contributed by atoms with Gasteiger partial charge < -0.3 is 10.5 Å². The number of rotatable bonds is 4. The van der Waals surface area contributed by atoms with Gasteiger partial charge in [0.15, 0.2) is 0 Å². The predicted octanol–water partition coefficient (Wildman–Crippen LogP) is 1.99. The van der Waals surface area contributed by atoms with Crippen LogP contribution in [-0.4, -0.2) is 16.4 Å². The van der Waals surface area contributed by atoms with Crippen molar-refractivity contribution in [2.75, 3.05) is 12.3 Å². The lowest BCUT2D eigenvalue weighted by molar-refractivity contribution is 0.131. The summed E-state index contributed by atoms with van der Waals surface area (Å²) < 4.78 is 7.01. The Morgan fingerprint density at radius 3 is 2.75 bits per heavy atom. The second kappa shape index (κ2) is 4.81. The first-order valence-electron chi connectivity index (χ1n) is 5.29. The molecule has 0 atom stereocenters. The molecule has 0 saturated carbocycles. The standard InChI is InChI=1S/C12H15N3O/c1-2-16-9-10-8-12(13)15(14-10)11-6-4-3-5-7-11/h3-8H,2,9,13H2,1H3. The minimum absolute atomic E-state index is 0.501. The fraction of sp³-hybridized carbons (Fsp3) is 0.250. The molecule has 4 nitrogen and oxygen atoms in total. The molecule has 0 spiro atoms. The van der Waals surface area contributed by atoms with E-state index in [2.05, 4.69) is 5.10 Å². The second-order valence-corrected chi connectivity index (χ2v) is 3.45. The average Bonchev–Trinajstić information content (AvgIpc) is 2.69. The lowest BCUT2D eigenvalue weighted by Gasteiger charge is -2.02. The van der Waals surface area contributed by atoms with Gasteiger partial charge in [0.25, 0.3) is 0 Å². The van der Waals surface area contributed by atoms with Crippen LogP contribution in [0.2, 0.25) is 0 Å². The molecule has 2 aromatic rings. The molecule has 0 unspecified atom stereocenters. The molecule has 0 aliphatic carbocycles. The van der Waals surface area contributed by atoms with E-state index in [9.17, 15) is 0 Å². The molecule has 0 aliphatic heterocycles. The van der Waals surface area contributed by atoms with E-state index in [4.69, 9.17) is 10.5 Å². The van der Waals surface area contributed by atoms with Crippen molar-refractivity contribution in [2.45, 2.75) is 13.5 Å². The first kappa shape index (κ1) is 10.7. The number of hydrogen-bond acceptors (Lipinski definition) is 3. The number of anilines is 1. The molecule has 0 saturated heterocycles. The molecular formula is C12H15N3O. The van der Waals surface area contributed by atoms with Crippen LogP contribution >= 0.6 is 0 Å². The minimum Gasteiger partial charge on any atom is -0.384 e. The van der Waals surface area contributed by atoms with E-state index in [1.54, 1.807) is 4.68 Å². The summed E-state index contributed by atoms with van der Waals surface area (Å²) >= 11 is 0. The number of para-hydroxylation sites is 1. The van der Waals surface area contributed by atoms with Gasteiger partial charge in [-0.05, 0) is 19.1 Å². The Morgan fingerprint density at radius 1 is 1.31 bits per heavy atom. The Hall–Kier alpha value is -1.81. The molecule has 0 bridgehead atoms. The molecule has 1 aromatic carbocycles. The van der Waals surface area contributed by atoms with E-state index in [0.29, 0.717) is 19.0 Å². The van der Waals surface area contributed by atoms with E-state index in [1.807, 2.05) is 43.3 Å². The van der Waals surface area contributed by atoms with Crippen LogP contribution in [0, 0.1) is 0 Å². The first-order valence-corrected chi connectivity index (χ1v) is 5.29. The van der Waals surface area contributed by atoms with Gasteiger partial charge in [-0.1, -0.05) is 18.2 Å². The first-order chi connectivity index (χ1) is 7.81. The van der Waals surface area contributed by atoms with Crippen molar-refractivity contribution < 1.29 is 4.74 Å². The zero-order valence-electron chi connectivity index (χ0n) is 9.26. The summed E-state index contributed by atoms with van der Waals surface area (Å²) in [5.74, 6) is 0.626. The SMILES string of the molecule is CCOCc1cc(N)n(-c2ccccc2)n1. The highest BCUT2D eigenvalue weighted by molar-refractivity contribution is 5.42. The molecular weight excluding hydrogens is 202 g/mol. The Bertz CT molecular complexity index is 451. The molecule has 2 rings (SSSR count). The fourth-order valence-corrected chi connectivity index (χ4v) is 1.50. The summed E-state index contributed by atoms with van der Waals surface area (Å²) in [6, 6.07) is 11.6. The molecule has 1 aromatic heterocycles. The van der Waals surface area contributed by atoms with Crippen molar-refractivity contribution >= 4 is 5.82 Å². The smallest absolute Gasteiger partial charge is 0.127 e. The number of benzene rings is 1. The van der Waals surface area contributed by atoms with Crippen molar-refractivity contribution in [2.24, 2.45) is 0 Å². The van der Waals surface area contributed by atoms with Crippen LogP contribution in [0.1, 0.15) is 12.6 Å². The zero-order chi connectivity index (χ0) is 11.4. The highest BCUT2D eigenvalue weighted by Gasteiger charge is 2.06. The molecule has 0 radical (unpaired) electrons. The van der Waals surface area contributed by atoms with Crippen LogP contribution < -0.4 is 5.73 Å². The minimum atomic E-state index is 0.501. The normalized spacial score (nSPS) is 10.6. The summed E-state index contributed by atoms with van der Waals surface area (Å²) in [6.45, 7) is 3.14. The van der Waals surface area contributed by atoms with Crippen molar-refractivity contribution in [3.8, 4) is 5.69 Å². The van der Waals surface area contributed by atoms with E-state index in [-0.39, 0.29) is 0 Å². The summed E-state index contributed by atoms with van der Waals surface area (Å²) in [7, 11) is 0. The van der Waals surface area contributed by atoms with E-state index in [1.165, 1.54) is 0 Å². The summed E-state index contributed by atoms with van der Waals surface area (Å²) in [5, 5.41) is 4.38. The fourth-order valence-electron chi connectivity index (χ4n) is 1.50. The van der Waals surface area contributed by atoms with Crippen LogP contribution in [0.15, 0.2) is 36.4 Å². The van der Waals surface area contributed by atoms with Crippen molar-refractivity contribution in [1.29, 1.82) is 0 Å². The van der Waals surface area contributed by atoms with Crippen molar-refractivity contribution in [3.05, 3.63) is 42.1 Å². The molecule has 0 fully saturated rings. The van der Waals surface area contributed by atoms with Crippen LogP contribution in [-0.2, 0) is 11.3 Å². The number of ether oxygens (including phenoxy) is 1. The van der Waals surface area contributed by atoms with Crippen molar-refractivity contribution in [3.63, 3.8) is 0 Å². The maximum Gasteiger partial charge on any atom is 0.127 e. The Balaban J connectivity index is 2.25. The molecule has 1 heterocycles. The van der Waals surface area contributed by atoms with Gasteiger partial charge in [-0.15, -0.1) is 0 Å². The Labute approximate surface area is 94.6 Å². The van der Waals surface area contributed by atoms with Gasteiger partial charge in [0, 0.05) is 12.7 Å². The number of nitrogen functional groups attached to an aromatic ring is 1. The van der Waals surface area contributed by atoms with Gasteiger partial charge in [-0.3, -0.25) is 0 Å². The number of nitrogens with two attached hydrogens (primary N) is 1. The zero-order valence-corrected chi connectivity index (χ0v) is 9.26. The van der Waals surface area contributed by atoms with Gasteiger partial charge in [-0.25, -0.2) is 4.68 Å². The second-order valence-electron chi connectivity index (χ2n) is 3.45. The maximum absolute atomic E-state index is 5.89. The lowest BCUT2D eigenvalue weighted by Crippen LogP contribution is -2.01. The van der Waals surface area contributed by atoms with Crippen LogP contribution in [0.5, 0.6) is 0 Å². The quantitative estimate of drug-likeness (QED) is 0.852. The van der Waals surface area contributed by atoms with E-state index < -0.39 is 0 Å². The van der Waals surface area contributed by atoms with Crippen LogP contribution in [0.4, 0.5) is 5.82 Å². The predicted molar refractivity (Wildman–Crippen MR) is 63.3 cm³/mol. The highest BCUT2D eigenvalue weighted by Crippen LogP contribution is 2.14. The monoisotopic (exact) mass is 217 g/mol. The Morgan fingerprint density at radius 2 is 2.06 bits per heavy atom. The summed E-state index contributed by atoms with van der Waals surface area (Å²) in [6.07, 6.45) is 0. The van der Waals surface area contributed by atoms with Gasteiger partial charge in [0.05, 0.1) is 18.0 Å². The van der Waals surface area contributed by atoms with Crippen LogP contribution in [0.25, 0.3) is 5.69 Å². The molecule has 0 aliphatic rings. The van der Waals surface area contributed by atoms with E-state index in [0.717, 1.165) is 11.4 Å². The third-order valence-corrected chi connectivity index (χ3v) is 2.24. The van der Waals surface area contributed by atoms with Gasteiger partial charge in [0.2, 0.25) is 0 Å². The number of hydrogen-bond donors (Lipinski definition) is 1. The maximum atomic E-state index is 5.89. The van der Waals surface area contributed by atoms with Crippen LogP contribution in [0.3, 0.4) is 0 Å². The largest absolute Gasteiger partial charge is 0.384 e. The summed E-state index contributed by atoms with van der Waals surface area (Å²) in [4.78, 5) is 0. The topological polar surface area (TPSA) is 53.1 Å². The van der Waals surface area contributed by atoms with Crippen molar-refractivity contribution in [1.82, 2.24) is 9.78 Å². The molecule has 2 N–H and O–H groups in total. The molecule has 4 heteroatoms. The third-order valence-electron chi connectivity index (χ3n) is 2.24. The highest BCUT2D eigenvalue weighted by atomic mass is 16.5. The number of nitrogens with zero attached hydrogens (tertiary/aromatic N) is 2.